The predicted octanol–water partition coefficient (Wildman–Crippen LogP) is 3.67. The number of halogens is 1. The Bertz CT molecular complexity index is 518. The van der Waals surface area contributed by atoms with E-state index in [9.17, 15) is 0 Å². The molecule has 17 heavy (non-hydrogen) atoms. The van der Waals surface area contributed by atoms with Gasteiger partial charge in [-0.2, -0.15) is 0 Å². The highest BCUT2D eigenvalue weighted by molar-refractivity contribution is 9.10. The Hall–Kier alpha value is -0.0800. The first-order chi connectivity index (χ1) is 8.22. The molecule has 0 bridgehead atoms. The monoisotopic (exact) mass is 348 g/mol. The summed E-state index contributed by atoms with van der Waals surface area (Å²) in [5, 5.41) is 17.2. The van der Waals surface area contributed by atoms with E-state index in [0.29, 0.717) is 0 Å². The molecular weight excluding hydrogens is 340 g/mol. The molecule has 2 aromatic rings. The molecule has 1 heterocycles. The standard InChI is InChI=1S/C10H9BrN2OS3/c1-15-9-12-13-10(17-9)16-8-3-2-6(5-14)4-7(8)11/h2-4,14H,5H2,1H3. The molecule has 0 aliphatic rings. The van der Waals surface area contributed by atoms with Crippen LogP contribution in [0.25, 0.3) is 0 Å². The molecule has 1 aromatic carbocycles. The quantitative estimate of drug-likeness (QED) is 0.854. The third kappa shape index (κ3) is 3.45. The molecule has 0 fully saturated rings. The van der Waals surface area contributed by atoms with Gasteiger partial charge in [0.1, 0.15) is 0 Å². The van der Waals surface area contributed by atoms with Crippen LogP contribution in [-0.4, -0.2) is 21.6 Å². The van der Waals surface area contributed by atoms with Crippen LogP contribution in [0.3, 0.4) is 0 Å². The number of hydrogen-bond acceptors (Lipinski definition) is 6. The Labute approximate surface area is 120 Å². The summed E-state index contributed by atoms with van der Waals surface area (Å²) in [6.45, 7) is 0.0545. The van der Waals surface area contributed by atoms with Gasteiger partial charge in [-0.05, 0) is 39.9 Å². The van der Waals surface area contributed by atoms with Crippen molar-refractivity contribution in [2.24, 2.45) is 0 Å². The molecule has 0 aliphatic heterocycles. The van der Waals surface area contributed by atoms with Crippen molar-refractivity contribution in [3.8, 4) is 0 Å². The molecule has 0 unspecified atom stereocenters. The molecule has 0 saturated heterocycles. The van der Waals surface area contributed by atoms with Gasteiger partial charge in [0.25, 0.3) is 0 Å². The average molecular weight is 349 g/mol. The van der Waals surface area contributed by atoms with Crippen LogP contribution in [0.5, 0.6) is 0 Å². The maximum atomic E-state index is 9.03. The minimum atomic E-state index is 0.0545. The van der Waals surface area contributed by atoms with Gasteiger partial charge < -0.3 is 5.11 Å². The maximum Gasteiger partial charge on any atom is 0.179 e. The molecule has 0 spiro atoms. The lowest BCUT2D eigenvalue weighted by molar-refractivity contribution is 0.281. The lowest BCUT2D eigenvalue weighted by Gasteiger charge is -2.03. The summed E-state index contributed by atoms with van der Waals surface area (Å²) in [6.07, 6.45) is 1.99. The lowest BCUT2D eigenvalue weighted by Crippen LogP contribution is -1.84. The van der Waals surface area contributed by atoms with E-state index in [1.807, 2.05) is 24.5 Å². The van der Waals surface area contributed by atoms with E-state index in [4.69, 9.17) is 5.11 Å². The van der Waals surface area contributed by atoms with Gasteiger partial charge in [-0.25, -0.2) is 0 Å². The summed E-state index contributed by atoms with van der Waals surface area (Å²) in [4.78, 5) is 1.08. The fourth-order valence-electron chi connectivity index (χ4n) is 1.14. The number of thioether (sulfide) groups is 1. The van der Waals surface area contributed by atoms with Crippen LogP contribution in [0.1, 0.15) is 5.56 Å². The number of aliphatic hydroxyl groups is 1. The molecule has 1 N–H and O–H groups in total. The van der Waals surface area contributed by atoms with Gasteiger partial charge in [0.05, 0.1) is 6.61 Å². The van der Waals surface area contributed by atoms with E-state index in [-0.39, 0.29) is 6.61 Å². The highest BCUT2D eigenvalue weighted by Gasteiger charge is 2.08. The maximum absolute atomic E-state index is 9.03. The number of rotatable bonds is 4. The normalized spacial score (nSPS) is 10.8. The van der Waals surface area contributed by atoms with E-state index < -0.39 is 0 Å². The first kappa shape index (κ1) is 13.4. The zero-order valence-electron chi connectivity index (χ0n) is 8.88. The second kappa shape index (κ2) is 6.19. The molecule has 0 radical (unpaired) electrons. The number of nitrogens with zero attached hydrogens (tertiary/aromatic N) is 2. The van der Waals surface area contributed by atoms with E-state index >= 15 is 0 Å². The summed E-state index contributed by atoms with van der Waals surface area (Å²) in [7, 11) is 0. The fraction of sp³-hybridized carbons (Fsp3) is 0.200. The minimum absolute atomic E-state index is 0.0545. The number of benzene rings is 1. The summed E-state index contributed by atoms with van der Waals surface area (Å²) < 4.78 is 2.86. The SMILES string of the molecule is CSc1nnc(Sc2ccc(CO)cc2Br)s1. The Morgan fingerprint density at radius 1 is 1.35 bits per heavy atom. The largest absolute Gasteiger partial charge is 0.392 e. The molecular formula is C10H9BrN2OS3. The summed E-state index contributed by atoms with van der Waals surface area (Å²) in [6, 6.07) is 5.79. The van der Waals surface area contributed by atoms with Crippen molar-refractivity contribution >= 4 is 50.8 Å². The number of hydrogen-bond donors (Lipinski definition) is 1. The zero-order chi connectivity index (χ0) is 12.3. The van der Waals surface area contributed by atoms with Crippen molar-refractivity contribution in [3.05, 3.63) is 28.2 Å². The van der Waals surface area contributed by atoms with Crippen LogP contribution in [-0.2, 0) is 6.61 Å². The van der Waals surface area contributed by atoms with E-state index in [1.165, 1.54) is 0 Å². The van der Waals surface area contributed by atoms with Gasteiger partial charge in [-0.3, -0.25) is 0 Å². The van der Waals surface area contributed by atoms with Crippen molar-refractivity contribution in [3.63, 3.8) is 0 Å². The molecule has 90 valence electrons. The molecule has 0 aliphatic carbocycles. The van der Waals surface area contributed by atoms with Crippen LogP contribution >= 0.6 is 50.8 Å². The van der Waals surface area contributed by atoms with Gasteiger partial charge >= 0.3 is 0 Å². The molecule has 3 nitrogen and oxygen atoms in total. The van der Waals surface area contributed by atoms with Crippen molar-refractivity contribution in [1.82, 2.24) is 10.2 Å². The zero-order valence-corrected chi connectivity index (χ0v) is 12.9. The summed E-state index contributed by atoms with van der Waals surface area (Å²) >= 11 is 8.24. The van der Waals surface area contributed by atoms with E-state index in [1.54, 1.807) is 34.9 Å². The van der Waals surface area contributed by atoms with Gasteiger partial charge in [0.15, 0.2) is 8.68 Å². The summed E-state index contributed by atoms with van der Waals surface area (Å²) in [5.74, 6) is 0. The van der Waals surface area contributed by atoms with Crippen LogP contribution in [0.15, 0.2) is 36.2 Å². The van der Waals surface area contributed by atoms with Crippen molar-refractivity contribution in [1.29, 1.82) is 0 Å². The second-order valence-electron chi connectivity index (χ2n) is 3.06. The van der Waals surface area contributed by atoms with Crippen molar-refractivity contribution in [2.45, 2.75) is 20.2 Å². The van der Waals surface area contributed by atoms with Crippen LogP contribution in [0, 0.1) is 0 Å². The third-order valence-electron chi connectivity index (χ3n) is 1.94. The van der Waals surface area contributed by atoms with Crippen molar-refractivity contribution in [2.75, 3.05) is 6.26 Å². The van der Waals surface area contributed by atoms with E-state index in [0.717, 1.165) is 23.6 Å². The number of aliphatic hydroxyl groups excluding tert-OH is 1. The van der Waals surface area contributed by atoms with Crippen LogP contribution < -0.4 is 0 Å². The minimum Gasteiger partial charge on any atom is -0.392 e. The summed E-state index contributed by atoms with van der Waals surface area (Å²) in [5.41, 5.74) is 0.892. The van der Waals surface area contributed by atoms with Gasteiger partial charge in [-0.1, -0.05) is 40.9 Å². The molecule has 7 heteroatoms. The molecule has 1 aromatic heterocycles. The molecule has 0 atom stereocenters. The van der Waals surface area contributed by atoms with E-state index in [2.05, 4.69) is 26.1 Å². The smallest absolute Gasteiger partial charge is 0.179 e. The second-order valence-corrected chi connectivity index (χ2v) is 7.24. The predicted molar refractivity (Wildman–Crippen MR) is 75.9 cm³/mol. The Kier molecular flexibility index (Phi) is 4.87. The van der Waals surface area contributed by atoms with Crippen LogP contribution in [0.2, 0.25) is 0 Å². The van der Waals surface area contributed by atoms with Gasteiger partial charge in [-0.15, -0.1) is 10.2 Å². The van der Waals surface area contributed by atoms with Crippen molar-refractivity contribution < 1.29 is 5.11 Å². The Balaban J connectivity index is 2.18. The highest BCUT2D eigenvalue weighted by Crippen LogP contribution is 2.36. The lowest BCUT2D eigenvalue weighted by atomic mass is 10.2. The third-order valence-corrected chi connectivity index (χ3v) is 5.88. The highest BCUT2D eigenvalue weighted by atomic mass is 79.9. The molecule has 0 saturated carbocycles. The molecule has 0 amide bonds. The molecule has 2 rings (SSSR count). The van der Waals surface area contributed by atoms with Gasteiger partial charge in [0.2, 0.25) is 0 Å². The Morgan fingerprint density at radius 2 is 2.12 bits per heavy atom. The fourth-order valence-corrected chi connectivity index (χ4v) is 4.21. The Morgan fingerprint density at radius 3 is 2.71 bits per heavy atom. The first-order valence-corrected chi connectivity index (χ1v) is 8.32. The first-order valence-electron chi connectivity index (χ1n) is 4.67. The number of aromatic nitrogens is 2. The van der Waals surface area contributed by atoms with Crippen LogP contribution in [0.4, 0.5) is 0 Å². The average Bonchev–Trinajstić information content (AvgIpc) is 2.79. The topological polar surface area (TPSA) is 46.0 Å². The van der Waals surface area contributed by atoms with Gasteiger partial charge in [0, 0.05) is 9.37 Å².